The molecule has 0 saturated heterocycles. The van der Waals surface area contributed by atoms with Crippen molar-refractivity contribution < 1.29 is 14.3 Å². The lowest BCUT2D eigenvalue weighted by Gasteiger charge is -2.28. The van der Waals surface area contributed by atoms with Gasteiger partial charge >= 0.3 is 5.97 Å². The van der Waals surface area contributed by atoms with Crippen LogP contribution in [-0.2, 0) is 16.0 Å². The summed E-state index contributed by atoms with van der Waals surface area (Å²) in [6.07, 6.45) is 8.76. The van der Waals surface area contributed by atoms with Crippen LogP contribution in [0.5, 0.6) is 5.75 Å². The monoisotopic (exact) mass is 396 g/mol. The first-order valence-corrected chi connectivity index (χ1v) is 10.7. The van der Waals surface area contributed by atoms with Gasteiger partial charge in [-0.1, -0.05) is 31.0 Å². The van der Waals surface area contributed by atoms with Gasteiger partial charge in [0.25, 0.3) is 0 Å². The van der Waals surface area contributed by atoms with Gasteiger partial charge < -0.3 is 14.8 Å². The summed E-state index contributed by atoms with van der Waals surface area (Å²) in [7, 11) is 0. The average molecular weight is 397 g/mol. The number of hydrogen-bond donors (Lipinski definition) is 1. The third-order valence-corrected chi connectivity index (χ3v) is 5.55. The molecule has 2 aromatic rings. The topological polar surface area (TPSA) is 60.5 Å². The Kier molecular flexibility index (Phi) is 7.91. The predicted molar refractivity (Wildman–Crippen MR) is 115 cm³/mol. The van der Waals surface area contributed by atoms with E-state index in [2.05, 4.69) is 22.4 Å². The molecule has 0 atom stereocenters. The molecule has 1 saturated carbocycles. The van der Waals surface area contributed by atoms with Crippen molar-refractivity contribution in [1.82, 2.24) is 4.98 Å². The molecular formula is C24H32N2O3. The third kappa shape index (κ3) is 6.77. The highest BCUT2D eigenvalue weighted by molar-refractivity contribution is 5.70. The molecule has 0 unspecified atom stereocenters. The molecule has 3 rings (SSSR count). The van der Waals surface area contributed by atoms with Gasteiger partial charge in [0, 0.05) is 12.7 Å². The van der Waals surface area contributed by atoms with Gasteiger partial charge in [-0.25, -0.2) is 4.98 Å². The van der Waals surface area contributed by atoms with Crippen molar-refractivity contribution in [3.63, 3.8) is 0 Å². The molecule has 1 aromatic carbocycles. The number of pyridine rings is 1. The molecule has 1 N–H and O–H groups in total. The number of nitrogens with one attached hydrogen (secondary N) is 1. The molecule has 0 amide bonds. The van der Waals surface area contributed by atoms with Crippen molar-refractivity contribution in [2.45, 2.75) is 51.9 Å². The van der Waals surface area contributed by atoms with Gasteiger partial charge in [0.1, 0.15) is 11.6 Å². The van der Waals surface area contributed by atoms with E-state index in [1.54, 1.807) is 6.20 Å². The summed E-state index contributed by atoms with van der Waals surface area (Å²) in [6.45, 7) is 3.81. The molecule has 1 aromatic heterocycles. The second-order valence-electron chi connectivity index (χ2n) is 7.85. The number of ether oxygens (including phenoxy) is 2. The van der Waals surface area contributed by atoms with Gasteiger partial charge in [0.15, 0.2) is 0 Å². The van der Waals surface area contributed by atoms with Gasteiger partial charge in [-0.05, 0) is 67.9 Å². The van der Waals surface area contributed by atoms with Crippen molar-refractivity contribution in [3.05, 3.63) is 54.2 Å². The second-order valence-corrected chi connectivity index (χ2v) is 7.85. The number of rotatable bonds is 11. The Labute approximate surface area is 173 Å². The summed E-state index contributed by atoms with van der Waals surface area (Å²) in [5, 5.41) is 3.28. The van der Waals surface area contributed by atoms with Crippen LogP contribution in [0.2, 0.25) is 0 Å². The van der Waals surface area contributed by atoms with Crippen LogP contribution < -0.4 is 10.1 Å². The van der Waals surface area contributed by atoms with E-state index >= 15 is 0 Å². The van der Waals surface area contributed by atoms with E-state index in [1.807, 2.05) is 37.3 Å². The number of hydrogen-bond acceptors (Lipinski definition) is 5. The van der Waals surface area contributed by atoms with E-state index in [-0.39, 0.29) is 11.4 Å². The van der Waals surface area contributed by atoms with Gasteiger partial charge in [-0.3, -0.25) is 4.79 Å². The van der Waals surface area contributed by atoms with Crippen molar-refractivity contribution in [2.75, 3.05) is 25.1 Å². The maximum absolute atomic E-state index is 12.1. The molecular weight excluding hydrogens is 364 g/mol. The van der Waals surface area contributed by atoms with Gasteiger partial charge in [-0.2, -0.15) is 0 Å². The van der Waals surface area contributed by atoms with Gasteiger partial charge in [0.05, 0.1) is 19.6 Å². The Morgan fingerprint density at radius 1 is 1.14 bits per heavy atom. The lowest BCUT2D eigenvalue weighted by molar-refractivity contribution is -0.145. The minimum atomic E-state index is -0.0614. The minimum Gasteiger partial charge on any atom is -0.494 e. The van der Waals surface area contributed by atoms with Crippen LogP contribution in [-0.4, -0.2) is 30.7 Å². The highest BCUT2D eigenvalue weighted by Crippen LogP contribution is 2.44. The quantitative estimate of drug-likeness (QED) is 0.427. The van der Waals surface area contributed by atoms with Crippen LogP contribution in [0.15, 0.2) is 48.7 Å². The lowest BCUT2D eigenvalue weighted by Crippen LogP contribution is -2.25. The molecule has 0 aliphatic heterocycles. The fourth-order valence-corrected chi connectivity index (χ4v) is 4.14. The third-order valence-electron chi connectivity index (χ3n) is 5.55. The van der Waals surface area contributed by atoms with Crippen molar-refractivity contribution in [2.24, 2.45) is 5.41 Å². The molecule has 5 heteroatoms. The lowest BCUT2D eigenvalue weighted by atomic mass is 9.77. The van der Waals surface area contributed by atoms with Crippen LogP contribution in [0.3, 0.4) is 0 Å². The van der Waals surface area contributed by atoms with E-state index in [0.29, 0.717) is 19.6 Å². The summed E-state index contributed by atoms with van der Waals surface area (Å²) in [5.41, 5.74) is 1.33. The Bertz CT molecular complexity index is 740. The molecule has 0 radical (unpaired) electrons. The maximum atomic E-state index is 12.1. The van der Waals surface area contributed by atoms with Crippen molar-refractivity contribution >= 4 is 11.8 Å². The zero-order valence-corrected chi connectivity index (χ0v) is 17.4. The standard InChI is InChI=1S/C24H32N2O3/c1-2-28-23(27)19-24(13-4-5-14-24)18-20-9-11-21(12-10-20)29-17-7-16-26-22-8-3-6-15-25-22/h3,6,8-12,15H,2,4-5,7,13-14,16-19H2,1H3,(H,25,26). The highest BCUT2D eigenvalue weighted by Gasteiger charge is 2.36. The number of nitrogens with zero attached hydrogens (tertiary/aromatic N) is 1. The Morgan fingerprint density at radius 3 is 2.62 bits per heavy atom. The fraction of sp³-hybridized carbons (Fsp3) is 0.500. The number of carbonyl (C=O) groups excluding carboxylic acids is 1. The van der Waals surface area contributed by atoms with Crippen molar-refractivity contribution in [3.8, 4) is 5.75 Å². The van der Waals surface area contributed by atoms with Crippen LogP contribution in [0, 0.1) is 5.41 Å². The molecule has 156 valence electrons. The summed E-state index contributed by atoms with van der Waals surface area (Å²) in [4.78, 5) is 16.3. The summed E-state index contributed by atoms with van der Waals surface area (Å²) < 4.78 is 11.1. The first kappa shape index (κ1) is 21.2. The normalized spacial score (nSPS) is 15.1. The minimum absolute atomic E-state index is 0.0613. The molecule has 1 fully saturated rings. The zero-order valence-electron chi connectivity index (χ0n) is 17.4. The van der Waals surface area contributed by atoms with E-state index in [4.69, 9.17) is 9.47 Å². The smallest absolute Gasteiger partial charge is 0.306 e. The Morgan fingerprint density at radius 2 is 1.93 bits per heavy atom. The molecule has 1 aliphatic carbocycles. The first-order valence-electron chi connectivity index (χ1n) is 10.7. The van der Waals surface area contributed by atoms with Crippen LogP contribution in [0.4, 0.5) is 5.82 Å². The molecule has 0 bridgehead atoms. The number of anilines is 1. The molecule has 29 heavy (non-hydrogen) atoms. The summed E-state index contributed by atoms with van der Waals surface area (Å²) in [5.74, 6) is 1.71. The van der Waals surface area contributed by atoms with Crippen LogP contribution in [0.25, 0.3) is 0 Å². The molecule has 0 spiro atoms. The van der Waals surface area contributed by atoms with Crippen LogP contribution >= 0.6 is 0 Å². The van der Waals surface area contributed by atoms with Gasteiger partial charge in [-0.15, -0.1) is 0 Å². The number of carbonyl (C=O) groups is 1. The average Bonchev–Trinajstić information content (AvgIpc) is 3.18. The summed E-state index contributed by atoms with van der Waals surface area (Å²) >= 11 is 0. The fourth-order valence-electron chi connectivity index (χ4n) is 4.14. The molecule has 5 nitrogen and oxygen atoms in total. The van der Waals surface area contributed by atoms with E-state index in [1.165, 1.54) is 18.4 Å². The SMILES string of the molecule is CCOC(=O)CC1(Cc2ccc(OCCCNc3ccccn3)cc2)CCCC1. The number of aromatic nitrogens is 1. The van der Waals surface area contributed by atoms with Crippen molar-refractivity contribution in [1.29, 1.82) is 0 Å². The predicted octanol–water partition coefficient (Wildman–Crippen LogP) is 5.02. The number of esters is 1. The molecule has 1 heterocycles. The van der Waals surface area contributed by atoms with E-state index < -0.39 is 0 Å². The Hall–Kier alpha value is -2.56. The largest absolute Gasteiger partial charge is 0.494 e. The maximum Gasteiger partial charge on any atom is 0.306 e. The highest BCUT2D eigenvalue weighted by atomic mass is 16.5. The Balaban J connectivity index is 1.43. The van der Waals surface area contributed by atoms with Gasteiger partial charge in [0.2, 0.25) is 0 Å². The van der Waals surface area contributed by atoms with Crippen LogP contribution in [0.1, 0.15) is 51.0 Å². The van der Waals surface area contributed by atoms with E-state index in [0.717, 1.165) is 43.8 Å². The van der Waals surface area contributed by atoms with E-state index in [9.17, 15) is 4.79 Å². The summed E-state index contributed by atoms with van der Waals surface area (Å²) in [6, 6.07) is 14.2. The molecule has 1 aliphatic rings. The first-order chi connectivity index (χ1) is 14.2. The zero-order chi connectivity index (χ0) is 20.4. The second kappa shape index (κ2) is 10.8. The number of benzene rings is 1.